The van der Waals surface area contributed by atoms with Crippen LogP contribution in [0.3, 0.4) is 0 Å². The molecule has 20 nitrogen and oxygen atoms in total. The molecule has 0 radical (unpaired) electrons. The molecular weight excluding hydrogens is 1050 g/mol. The Morgan fingerprint density at radius 2 is 1.25 bits per heavy atom. The first-order valence-electron chi connectivity index (χ1n) is 26.3. The van der Waals surface area contributed by atoms with Gasteiger partial charge in [0, 0.05) is 70.9 Å². The number of ketones is 1. The van der Waals surface area contributed by atoms with E-state index in [2.05, 4.69) is 41.9 Å². The Bertz CT molecular complexity index is 3070. The largest absolute Gasteiger partial charge is 0.391 e. The summed E-state index contributed by atoms with van der Waals surface area (Å²) < 4.78 is 0. The van der Waals surface area contributed by atoms with Crippen LogP contribution in [0, 0.1) is 5.92 Å². The highest BCUT2D eigenvalue weighted by atomic mass is 33.1. The first-order valence-corrected chi connectivity index (χ1v) is 28.8. The summed E-state index contributed by atoms with van der Waals surface area (Å²) in [5.74, 6) is -7.50. The van der Waals surface area contributed by atoms with Gasteiger partial charge in [-0.2, -0.15) is 0 Å². The Kier molecular flexibility index (Phi) is 21.7. The summed E-state index contributed by atoms with van der Waals surface area (Å²) in [5, 5.41) is 29.1. The Balaban J connectivity index is 1.24. The molecule has 2 aromatic heterocycles. The fourth-order valence-electron chi connectivity index (χ4n) is 9.40. The van der Waals surface area contributed by atoms with Gasteiger partial charge in [-0.1, -0.05) is 119 Å². The lowest BCUT2D eigenvalue weighted by molar-refractivity contribution is -0.137. The standard InChI is InChI=1S/C57H69N11O9S2/c1-33(69)50-57(77)67-48(56(76)64-45(51(60)71)26-37-29-61-42-20-10-8-18-39(37)42)32-79-78-31-47(66-53(73)41(59)25-35-16-6-3-7-17-35)49(70)28-36(24-34-14-4-2-5-15-34)52(72)65-46(27-38-30-62-43-21-11-9-19-40(38)43)55(75)63-44(54(74)68-50)22-12-13-23-58/h2-11,14-21,29-30,33,36,41,44-48,50,61-62,69H,12-13,22-28,31-32,58-59H2,1H3,(H2,60,71)(H,63,75)(H,64,76)(H,65,72)(H,66,73)(H,67,77)(H,68,74)/t33?,36-,41-,44+,45-,46-,47+,48+,50+/m1/s1. The van der Waals surface area contributed by atoms with Crippen molar-refractivity contribution in [1.82, 2.24) is 41.9 Å². The van der Waals surface area contributed by atoms with Gasteiger partial charge in [-0.05, 0) is 80.0 Å². The number of fused-ring (bicyclic) bond motifs is 2. The lowest BCUT2D eigenvalue weighted by Gasteiger charge is -2.29. The van der Waals surface area contributed by atoms with Crippen molar-refractivity contribution in [3.63, 3.8) is 0 Å². The van der Waals surface area contributed by atoms with Gasteiger partial charge in [0.15, 0.2) is 5.78 Å². The second-order valence-electron chi connectivity index (χ2n) is 19.8. The number of primary amides is 1. The number of aromatic nitrogens is 2. The van der Waals surface area contributed by atoms with Gasteiger partial charge in [0.2, 0.25) is 41.4 Å². The van der Waals surface area contributed by atoms with Crippen molar-refractivity contribution in [2.24, 2.45) is 23.1 Å². The van der Waals surface area contributed by atoms with Crippen LogP contribution in [0.1, 0.15) is 54.9 Å². The van der Waals surface area contributed by atoms with Gasteiger partial charge in [-0.25, -0.2) is 0 Å². The zero-order valence-electron chi connectivity index (χ0n) is 43.8. The fourth-order valence-corrected chi connectivity index (χ4v) is 11.8. The maximum atomic E-state index is 14.9. The summed E-state index contributed by atoms with van der Waals surface area (Å²) in [6.45, 7) is 1.54. The van der Waals surface area contributed by atoms with Crippen LogP contribution >= 0.6 is 21.6 Å². The molecule has 0 saturated carbocycles. The van der Waals surface area contributed by atoms with Crippen LogP contribution in [0.5, 0.6) is 0 Å². The number of aromatic amines is 2. The Morgan fingerprint density at radius 3 is 1.90 bits per heavy atom. The molecule has 7 amide bonds. The molecule has 15 N–H and O–H groups in total. The molecule has 4 aromatic carbocycles. The van der Waals surface area contributed by atoms with E-state index in [0.717, 1.165) is 49.0 Å². The highest BCUT2D eigenvalue weighted by Crippen LogP contribution is 2.27. The van der Waals surface area contributed by atoms with E-state index in [1.54, 1.807) is 24.5 Å². The maximum absolute atomic E-state index is 14.9. The predicted molar refractivity (Wildman–Crippen MR) is 306 cm³/mol. The first-order chi connectivity index (χ1) is 38.1. The monoisotopic (exact) mass is 1120 g/mol. The number of H-pyrrole nitrogens is 2. The summed E-state index contributed by atoms with van der Waals surface area (Å²) in [7, 11) is 2.13. The van der Waals surface area contributed by atoms with Gasteiger partial charge >= 0.3 is 0 Å². The molecule has 7 rings (SSSR count). The Labute approximate surface area is 465 Å². The molecule has 1 fully saturated rings. The molecule has 418 valence electrons. The number of carbonyl (C=O) groups is 8. The number of hydrogen-bond donors (Lipinski definition) is 12. The van der Waals surface area contributed by atoms with Crippen molar-refractivity contribution in [2.75, 3.05) is 18.1 Å². The van der Waals surface area contributed by atoms with E-state index < -0.39 is 108 Å². The second kappa shape index (κ2) is 28.9. The van der Waals surface area contributed by atoms with E-state index in [1.165, 1.54) is 6.92 Å². The molecule has 22 heteroatoms. The normalized spacial score (nSPS) is 21.4. The minimum absolute atomic E-state index is 0.0148. The van der Waals surface area contributed by atoms with E-state index in [1.807, 2.05) is 97.1 Å². The molecule has 3 heterocycles. The van der Waals surface area contributed by atoms with E-state index in [4.69, 9.17) is 17.2 Å². The summed E-state index contributed by atoms with van der Waals surface area (Å²) in [5.41, 5.74) is 22.6. The van der Waals surface area contributed by atoms with Gasteiger partial charge in [0.25, 0.3) is 0 Å². The van der Waals surface area contributed by atoms with Crippen molar-refractivity contribution >= 4 is 90.5 Å². The summed E-state index contributed by atoms with van der Waals surface area (Å²) in [6, 6.07) is 23.5. The lowest BCUT2D eigenvalue weighted by atomic mass is 9.90. The van der Waals surface area contributed by atoms with Crippen LogP contribution in [0.25, 0.3) is 21.8 Å². The Morgan fingerprint density at radius 1 is 0.671 bits per heavy atom. The minimum atomic E-state index is -1.68. The van der Waals surface area contributed by atoms with E-state index in [-0.39, 0.29) is 50.2 Å². The summed E-state index contributed by atoms with van der Waals surface area (Å²) in [6.07, 6.45) is 2.47. The lowest BCUT2D eigenvalue weighted by Crippen LogP contribution is -2.62. The van der Waals surface area contributed by atoms with Crippen LogP contribution in [0.2, 0.25) is 0 Å². The molecule has 1 saturated heterocycles. The van der Waals surface area contributed by atoms with Gasteiger partial charge in [0.1, 0.15) is 30.2 Å². The number of carbonyl (C=O) groups excluding carboxylic acids is 8. The quantitative estimate of drug-likeness (QED) is 0.0434. The molecule has 1 aliphatic rings. The number of nitrogens with two attached hydrogens (primary N) is 3. The number of unbranched alkanes of at least 4 members (excludes halogenated alkanes) is 1. The molecule has 1 aliphatic heterocycles. The van der Waals surface area contributed by atoms with Crippen molar-refractivity contribution in [3.05, 3.63) is 144 Å². The number of nitrogens with one attached hydrogen (secondary N) is 8. The number of aliphatic hydroxyl groups is 1. The minimum Gasteiger partial charge on any atom is -0.391 e. The van der Waals surface area contributed by atoms with Crippen LogP contribution in [-0.2, 0) is 64.0 Å². The summed E-state index contributed by atoms with van der Waals surface area (Å²) in [4.78, 5) is 121. The van der Waals surface area contributed by atoms with E-state index >= 15 is 0 Å². The molecular formula is C57H69N11O9S2. The average Bonchev–Trinajstić information content (AvgIpc) is 4.11. The number of benzene rings is 4. The smallest absolute Gasteiger partial charge is 0.245 e. The highest BCUT2D eigenvalue weighted by molar-refractivity contribution is 8.76. The van der Waals surface area contributed by atoms with Crippen LogP contribution < -0.4 is 49.1 Å². The van der Waals surface area contributed by atoms with Gasteiger partial charge in [-0.3, -0.25) is 38.4 Å². The van der Waals surface area contributed by atoms with E-state index in [9.17, 15) is 43.5 Å². The number of amides is 7. The SMILES string of the molecule is CC(O)[C@@H]1NC(=O)[C@H](CCCCN)NC(=O)[C@@H](Cc2c[nH]c3ccccc23)NC(=O)[C@H](Cc2ccccc2)CC(=O)[C@@H](NC(=O)[C@H](N)Cc2ccccc2)CSSC[C@@H](C(=O)N[C@H](Cc2c[nH]c3ccccc23)C(N)=O)NC1=O. The molecule has 1 unspecified atom stereocenters. The zero-order chi connectivity index (χ0) is 56.4. The number of hydrogen-bond acceptors (Lipinski definition) is 13. The van der Waals surface area contributed by atoms with Crippen LogP contribution in [-0.4, -0.2) is 129 Å². The van der Waals surface area contributed by atoms with Crippen molar-refractivity contribution in [2.45, 2.75) is 107 Å². The predicted octanol–water partition coefficient (Wildman–Crippen LogP) is 2.12. The zero-order valence-corrected chi connectivity index (χ0v) is 45.4. The number of rotatable bonds is 18. The van der Waals surface area contributed by atoms with Crippen LogP contribution in [0.15, 0.2) is 122 Å². The molecule has 6 aromatic rings. The highest BCUT2D eigenvalue weighted by Gasteiger charge is 2.37. The Hall–Kier alpha value is -7.50. The fraction of sp³-hybridized carbons (Fsp3) is 0.368. The third kappa shape index (κ3) is 16.8. The number of para-hydroxylation sites is 2. The topological polar surface area (TPSA) is 339 Å². The molecule has 79 heavy (non-hydrogen) atoms. The van der Waals surface area contributed by atoms with E-state index in [0.29, 0.717) is 29.5 Å². The van der Waals surface area contributed by atoms with Gasteiger partial charge < -0.3 is 64.2 Å². The van der Waals surface area contributed by atoms with Crippen LogP contribution in [0.4, 0.5) is 0 Å². The number of aliphatic hydroxyl groups excluding tert-OH is 1. The van der Waals surface area contributed by atoms with Gasteiger partial charge in [-0.15, -0.1) is 0 Å². The van der Waals surface area contributed by atoms with Gasteiger partial charge in [0.05, 0.1) is 18.2 Å². The molecule has 9 atom stereocenters. The maximum Gasteiger partial charge on any atom is 0.245 e. The summed E-state index contributed by atoms with van der Waals surface area (Å²) >= 11 is 0. The molecule has 0 bridgehead atoms. The third-order valence-corrected chi connectivity index (χ3v) is 16.2. The second-order valence-corrected chi connectivity index (χ2v) is 22.3. The van der Waals surface area contributed by atoms with Crippen molar-refractivity contribution < 1.29 is 43.5 Å². The van der Waals surface area contributed by atoms with Crippen molar-refractivity contribution in [3.8, 4) is 0 Å². The molecule has 0 spiro atoms. The number of Topliss-reactive ketones (excluding diaryl/α,β-unsaturated/α-hetero) is 1. The molecule has 0 aliphatic carbocycles. The third-order valence-electron chi connectivity index (χ3n) is 13.8. The first kappa shape index (κ1) is 59.2. The van der Waals surface area contributed by atoms with Crippen molar-refractivity contribution in [1.29, 1.82) is 0 Å². The average molecular weight is 1120 g/mol.